The van der Waals surface area contributed by atoms with Crippen LogP contribution < -0.4 is 20.3 Å². The van der Waals surface area contributed by atoms with Gasteiger partial charge in [-0.3, -0.25) is 9.59 Å². The van der Waals surface area contributed by atoms with E-state index in [0.29, 0.717) is 23.5 Å². The summed E-state index contributed by atoms with van der Waals surface area (Å²) < 4.78 is 5.52. The third kappa shape index (κ3) is 3.74. The van der Waals surface area contributed by atoms with Gasteiger partial charge >= 0.3 is 0 Å². The quantitative estimate of drug-likeness (QED) is 0.897. The van der Waals surface area contributed by atoms with Gasteiger partial charge in [0, 0.05) is 31.9 Å². The number of benzene rings is 2. The molecule has 1 aliphatic rings. The summed E-state index contributed by atoms with van der Waals surface area (Å²) in [6.45, 7) is 2.07. The van der Waals surface area contributed by atoms with Gasteiger partial charge in [0.2, 0.25) is 0 Å². The Balaban J connectivity index is 1.64. The van der Waals surface area contributed by atoms with Gasteiger partial charge in [-0.25, -0.2) is 0 Å². The lowest BCUT2D eigenvalue weighted by Crippen LogP contribution is -2.34. The van der Waals surface area contributed by atoms with Gasteiger partial charge in [-0.15, -0.1) is 0 Å². The van der Waals surface area contributed by atoms with Crippen molar-refractivity contribution in [1.82, 2.24) is 5.32 Å². The molecule has 3 rings (SSSR count). The molecule has 0 aromatic heterocycles. The minimum Gasteiger partial charge on any atom is -0.479 e. The molecule has 25 heavy (non-hydrogen) atoms. The van der Waals surface area contributed by atoms with Crippen LogP contribution in [0.1, 0.15) is 22.8 Å². The average Bonchev–Trinajstić information content (AvgIpc) is 2.60. The first-order chi connectivity index (χ1) is 11.9. The highest BCUT2D eigenvalue weighted by atomic mass is 16.5. The Morgan fingerprint density at radius 3 is 2.60 bits per heavy atom. The van der Waals surface area contributed by atoms with Crippen molar-refractivity contribution >= 4 is 23.2 Å². The zero-order chi connectivity index (χ0) is 18.0. The molecule has 0 aliphatic carbocycles. The predicted octanol–water partition coefficient (Wildman–Crippen LogP) is 2.40. The molecular formula is C19H21N3O3. The predicted molar refractivity (Wildman–Crippen MR) is 97.1 cm³/mol. The molecule has 6 nitrogen and oxygen atoms in total. The van der Waals surface area contributed by atoms with E-state index in [4.69, 9.17) is 4.74 Å². The Kier molecular flexibility index (Phi) is 4.61. The van der Waals surface area contributed by atoms with E-state index in [9.17, 15) is 9.59 Å². The summed E-state index contributed by atoms with van der Waals surface area (Å²) in [6.07, 6.45) is -0.497. The summed E-state index contributed by atoms with van der Waals surface area (Å²) in [4.78, 5) is 25.9. The largest absolute Gasteiger partial charge is 0.479 e. The van der Waals surface area contributed by atoms with Gasteiger partial charge in [0.25, 0.3) is 11.8 Å². The van der Waals surface area contributed by atoms with Crippen molar-refractivity contribution in [3.8, 4) is 5.75 Å². The Morgan fingerprint density at radius 2 is 1.92 bits per heavy atom. The molecular weight excluding hydrogens is 318 g/mol. The van der Waals surface area contributed by atoms with E-state index in [1.165, 1.54) is 0 Å². The standard InChI is InChI=1S/C19H21N3O3/c1-12-18(23)21-16-10-13(4-9-17(16)25-12)11-20-19(24)14-5-7-15(8-6-14)22(2)3/h4-10,12H,11H2,1-3H3,(H,20,24)(H,21,23). The molecule has 0 saturated heterocycles. The molecule has 2 aromatic carbocycles. The molecule has 1 aliphatic heterocycles. The number of anilines is 2. The summed E-state index contributed by atoms with van der Waals surface area (Å²) in [7, 11) is 3.91. The molecule has 0 bridgehead atoms. The highest BCUT2D eigenvalue weighted by Gasteiger charge is 2.23. The van der Waals surface area contributed by atoms with Crippen molar-refractivity contribution in [2.45, 2.75) is 19.6 Å². The second-order valence-corrected chi connectivity index (χ2v) is 6.20. The van der Waals surface area contributed by atoms with Gasteiger partial charge in [-0.1, -0.05) is 6.07 Å². The van der Waals surface area contributed by atoms with E-state index >= 15 is 0 Å². The number of rotatable bonds is 4. The molecule has 2 N–H and O–H groups in total. The summed E-state index contributed by atoms with van der Waals surface area (Å²) in [5, 5.41) is 5.69. The van der Waals surface area contributed by atoms with Crippen molar-refractivity contribution in [3.05, 3.63) is 53.6 Å². The maximum Gasteiger partial charge on any atom is 0.265 e. The monoisotopic (exact) mass is 339 g/mol. The highest BCUT2D eigenvalue weighted by molar-refractivity contribution is 5.97. The second kappa shape index (κ2) is 6.84. The molecule has 1 unspecified atom stereocenters. The number of amides is 2. The average molecular weight is 339 g/mol. The van der Waals surface area contributed by atoms with Crippen LogP contribution in [-0.4, -0.2) is 32.0 Å². The van der Waals surface area contributed by atoms with Gasteiger partial charge in [0.05, 0.1) is 5.69 Å². The first-order valence-corrected chi connectivity index (χ1v) is 8.10. The first-order valence-electron chi connectivity index (χ1n) is 8.10. The van der Waals surface area contributed by atoms with Crippen molar-refractivity contribution in [2.75, 3.05) is 24.3 Å². The van der Waals surface area contributed by atoms with Crippen LogP contribution in [0.25, 0.3) is 0 Å². The summed E-state index contributed by atoms with van der Waals surface area (Å²) >= 11 is 0. The molecule has 1 heterocycles. The van der Waals surface area contributed by atoms with Crippen LogP contribution >= 0.6 is 0 Å². The van der Waals surface area contributed by atoms with Gasteiger partial charge < -0.3 is 20.3 Å². The van der Waals surface area contributed by atoms with Crippen molar-refractivity contribution in [1.29, 1.82) is 0 Å². The molecule has 0 spiro atoms. The lowest BCUT2D eigenvalue weighted by Gasteiger charge is -2.23. The number of fused-ring (bicyclic) bond motifs is 1. The van der Waals surface area contributed by atoms with E-state index in [-0.39, 0.29) is 11.8 Å². The lowest BCUT2D eigenvalue weighted by molar-refractivity contribution is -0.122. The summed E-state index contributed by atoms with van der Waals surface area (Å²) in [6, 6.07) is 12.9. The Morgan fingerprint density at radius 1 is 1.20 bits per heavy atom. The molecule has 2 aromatic rings. The highest BCUT2D eigenvalue weighted by Crippen LogP contribution is 2.30. The smallest absolute Gasteiger partial charge is 0.265 e. The Labute approximate surface area is 146 Å². The van der Waals surface area contributed by atoms with E-state index in [1.54, 1.807) is 25.1 Å². The molecule has 1 atom stereocenters. The van der Waals surface area contributed by atoms with Gasteiger partial charge in [0.1, 0.15) is 5.75 Å². The summed E-state index contributed by atoms with van der Waals surface area (Å²) in [5.74, 6) is 0.327. The van der Waals surface area contributed by atoms with Gasteiger partial charge in [-0.2, -0.15) is 0 Å². The van der Waals surface area contributed by atoms with Crippen LogP contribution in [0.2, 0.25) is 0 Å². The fourth-order valence-corrected chi connectivity index (χ4v) is 2.56. The zero-order valence-electron chi connectivity index (χ0n) is 14.5. The lowest BCUT2D eigenvalue weighted by atomic mass is 10.1. The topological polar surface area (TPSA) is 70.7 Å². The third-order valence-corrected chi connectivity index (χ3v) is 4.07. The fourth-order valence-electron chi connectivity index (χ4n) is 2.56. The number of nitrogens with one attached hydrogen (secondary N) is 2. The minimum atomic E-state index is -0.497. The number of ether oxygens (including phenoxy) is 1. The normalized spacial score (nSPS) is 15.6. The minimum absolute atomic E-state index is 0.142. The third-order valence-electron chi connectivity index (χ3n) is 4.07. The molecule has 0 saturated carbocycles. The molecule has 130 valence electrons. The van der Waals surface area contributed by atoms with Crippen molar-refractivity contribution in [3.63, 3.8) is 0 Å². The fraction of sp³-hybridized carbons (Fsp3) is 0.263. The van der Waals surface area contributed by atoms with Gasteiger partial charge in [0.15, 0.2) is 6.10 Å². The molecule has 6 heteroatoms. The summed E-state index contributed by atoms with van der Waals surface area (Å²) in [5.41, 5.74) is 3.16. The van der Waals surface area contributed by atoms with Crippen LogP contribution in [0.4, 0.5) is 11.4 Å². The molecule has 0 fully saturated rings. The number of carbonyl (C=O) groups excluding carboxylic acids is 2. The van der Waals surface area contributed by atoms with Crippen LogP contribution in [0, 0.1) is 0 Å². The Hall–Kier alpha value is -3.02. The maximum absolute atomic E-state index is 12.3. The molecule has 2 amide bonds. The van der Waals surface area contributed by atoms with Crippen LogP contribution in [0.3, 0.4) is 0 Å². The first kappa shape index (κ1) is 16.8. The number of hydrogen-bond acceptors (Lipinski definition) is 4. The van der Waals surface area contributed by atoms with Crippen molar-refractivity contribution < 1.29 is 14.3 Å². The van der Waals surface area contributed by atoms with Crippen molar-refractivity contribution in [2.24, 2.45) is 0 Å². The number of carbonyl (C=O) groups is 2. The van der Waals surface area contributed by atoms with E-state index in [2.05, 4.69) is 10.6 Å². The maximum atomic E-state index is 12.3. The SMILES string of the molecule is CC1Oc2ccc(CNC(=O)c3ccc(N(C)C)cc3)cc2NC1=O. The second-order valence-electron chi connectivity index (χ2n) is 6.20. The van der Waals surface area contributed by atoms with E-state index in [1.807, 2.05) is 43.3 Å². The van der Waals surface area contributed by atoms with E-state index < -0.39 is 6.10 Å². The van der Waals surface area contributed by atoms with Crippen LogP contribution in [-0.2, 0) is 11.3 Å². The number of nitrogens with zero attached hydrogens (tertiary/aromatic N) is 1. The zero-order valence-corrected chi connectivity index (χ0v) is 14.5. The Bertz CT molecular complexity index is 800. The molecule has 0 radical (unpaired) electrons. The number of hydrogen-bond donors (Lipinski definition) is 2. The van der Waals surface area contributed by atoms with Gasteiger partial charge in [-0.05, 0) is 48.9 Å². The van der Waals surface area contributed by atoms with Crippen LogP contribution in [0.15, 0.2) is 42.5 Å². The van der Waals surface area contributed by atoms with E-state index in [0.717, 1.165) is 11.3 Å². The van der Waals surface area contributed by atoms with Crippen LogP contribution in [0.5, 0.6) is 5.75 Å².